The van der Waals surface area contributed by atoms with E-state index in [4.69, 9.17) is 4.74 Å². The number of carbonyl (C=O) groups excluding carboxylic acids is 1. The molecular formula is C25H46N4O3. The van der Waals surface area contributed by atoms with E-state index in [0.717, 1.165) is 58.0 Å². The molecule has 0 aromatic carbocycles. The van der Waals surface area contributed by atoms with Gasteiger partial charge in [0, 0.05) is 45.9 Å². The van der Waals surface area contributed by atoms with Gasteiger partial charge in [0.2, 0.25) is 0 Å². The molecule has 7 nitrogen and oxygen atoms in total. The molecule has 3 heterocycles. The van der Waals surface area contributed by atoms with E-state index in [2.05, 4.69) is 15.1 Å². The molecule has 7 heteroatoms. The van der Waals surface area contributed by atoms with E-state index < -0.39 is 5.60 Å². The van der Waals surface area contributed by atoms with Crippen molar-refractivity contribution in [2.24, 2.45) is 11.8 Å². The average Bonchev–Trinajstić information content (AvgIpc) is 3.03. The van der Waals surface area contributed by atoms with E-state index in [1.165, 1.54) is 45.2 Å². The van der Waals surface area contributed by atoms with Gasteiger partial charge >= 0.3 is 0 Å². The lowest BCUT2D eigenvalue weighted by Gasteiger charge is -2.49. The predicted octanol–water partition coefficient (Wildman–Crippen LogP) is 1.55. The van der Waals surface area contributed by atoms with Crippen LogP contribution in [0.2, 0.25) is 0 Å². The number of likely N-dealkylation sites (tertiary alicyclic amines) is 1. The average molecular weight is 451 g/mol. The number of nitrogens with one attached hydrogen (secondary N) is 1. The van der Waals surface area contributed by atoms with Gasteiger partial charge in [-0.3, -0.25) is 9.69 Å². The maximum atomic E-state index is 12.3. The molecule has 3 saturated heterocycles. The minimum absolute atomic E-state index is 0.129. The second kappa shape index (κ2) is 10.7. The maximum Gasteiger partial charge on any atom is 0.253 e. The minimum atomic E-state index is -1.26. The van der Waals surface area contributed by atoms with Crippen LogP contribution in [0.3, 0.4) is 0 Å². The lowest BCUT2D eigenvalue weighted by Crippen LogP contribution is -2.63. The van der Waals surface area contributed by atoms with Crippen molar-refractivity contribution in [1.82, 2.24) is 20.0 Å². The number of carbonyl (C=O) groups is 1. The van der Waals surface area contributed by atoms with Gasteiger partial charge in [0.25, 0.3) is 5.91 Å². The first-order valence-electron chi connectivity index (χ1n) is 13.1. The largest absolute Gasteiger partial charge is 0.381 e. The lowest BCUT2D eigenvalue weighted by atomic mass is 9.74. The SMILES string of the molecule is COC1CCC2CCCNC2C1N1CCCN(CC2CCN(C(=O)C(C)(C)O)CC2)CC1. The fourth-order valence-electron chi connectivity index (χ4n) is 6.74. The third-order valence-corrected chi connectivity index (χ3v) is 8.50. The fourth-order valence-corrected chi connectivity index (χ4v) is 6.74. The van der Waals surface area contributed by atoms with Crippen molar-refractivity contribution in [2.75, 3.05) is 59.5 Å². The molecule has 4 aliphatic rings. The van der Waals surface area contributed by atoms with Crippen molar-refractivity contribution < 1.29 is 14.6 Å². The maximum absolute atomic E-state index is 12.3. The smallest absolute Gasteiger partial charge is 0.253 e. The van der Waals surface area contributed by atoms with Gasteiger partial charge < -0.3 is 25.0 Å². The van der Waals surface area contributed by atoms with Gasteiger partial charge in [0.05, 0.1) is 12.1 Å². The molecule has 4 rings (SSSR count). The highest BCUT2D eigenvalue weighted by Crippen LogP contribution is 2.35. The van der Waals surface area contributed by atoms with Gasteiger partial charge in [-0.25, -0.2) is 0 Å². The summed E-state index contributed by atoms with van der Waals surface area (Å²) in [4.78, 5) is 19.6. The molecule has 2 N–H and O–H groups in total. The molecule has 1 amide bonds. The number of rotatable bonds is 5. The lowest BCUT2D eigenvalue weighted by molar-refractivity contribution is -0.149. The van der Waals surface area contributed by atoms with Crippen LogP contribution in [0.5, 0.6) is 0 Å². The van der Waals surface area contributed by atoms with Crippen LogP contribution in [0.15, 0.2) is 0 Å². The zero-order valence-corrected chi connectivity index (χ0v) is 20.6. The molecule has 4 atom stereocenters. The van der Waals surface area contributed by atoms with E-state index in [0.29, 0.717) is 24.1 Å². The number of ether oxygens (including phenoxy) is 1. The van der Waals surface area contributed by atoms with Crippen molar-refractivity contribution in [1.29, 1.82) is 0 Å². The van der Waals surface area contributed by atoms with Gasteiger partial charge in [-0.1, -0.05) is 0 Å². The first-order chi connectivity index (χ1) is 15.4. The van der Waals surface area contributed by atoms with Crippen molar-refractivity contribution in [2.45, 2.75) is 82.6 Å². The van der Waals surface area contributed by atoms with Crippen LogP contribution >= 0.6 is 0 Å². The predicted molar refractivity (Wildman–Crippen MR) is 127 cm³/mol. The van der Waals surface area contributed by atoms with Crippen LogP contribution < -0.4 is 5.32 Å². The van der Waals surface area contributed by atoms with Gasteiger partial charge in [-0.15, -0.1) is 0 Å². The number of piperidine rings is 2. The molecule has 0 radical (unpaired) electrons. The molecule has 0 aromatic heterocycles. The molecule has 1 aliphatic carbocycles. The fraction of sp³-hybridized carbons (Fsp3) is 0.960. The van der Waals surface area contributed by atoms with Crippen molar-refractivity contribution in [3.63, 3.8) is 0 Å². The number of fused-ring (bicyclic) bond motifs is 1. The van der Waals surface area contributed by atoms with Crippen molar-refractivity contribution >= 4 is 5.91 Å². The van der Waals surface area contributed by atoms with Crippen LogP contribution in [0, 0.1) is 11.8 Å². The van der Waals surface area contributed by atoms with Gasteiger partial charge in [0.15, 0.2) is 0 Å². The summed E-state index contributed by atoms with van der Waals surface area (Å²) in [6.45, 7) is 11.6. The van der Waals surface area contributed by atoms with Crippen LogP contribution in [-0.4, -0.2) is 109 Å². The van der Waals surface area contributed by atoms with Crippen LogP contribution in [0.25, 0.3) is 0 Å². The summed E-state index contributed by atoms with van der Waals surface area (Å²) >= 11 is 0. The molecule has 0 spiro atoms. The van der Waals surface area contributed by atoms with Gasteiger partial charge in [-0.05, 0) is 90.3 Å². The molecule has 0 aromatic rings. The Balaban J connectivity index is 1.28. The van der Waals surface area contributed by atoms with E-state index >= 15 is 0 Å². The summed E-state index contributed by atoms with van der Waals surface area (Å²) in [6, 6.07) is 1.10. The summed E-state index contributed by atoms with van der Waals surface area (Å²) in [6.07, 6.45) is 8.87. The second-order valence-corrected chi connectivity index (χ2v) is 11.2. The molecule has 4 unspecified atom stereocenters. The zero-order chi connectivity index (χ0) is 22.7. The Labute approximate surface area is 194 Å². The Hall–Kier alpha value is -0.730. The Morgan fingerprint density at radius 3 is 2.50 bits per heavy atom. The Morgan fingerprint density at radius 2 is 1.78 bits per heavy atom. The second-order valence-electron chi connectivity index (χ2n) is 11.2. The number of hydrogen-bond donors (Lipinski definition) is 2. The summed E-state index contributed by atoms with van der Waals surface area (Å²) < 4.78 is 6.00. The summed E-state index contributed by atoms with van der Waals surface area (Å²) in [5.74, 6) is 1.34. The molecule has 1 saturated carbocycles. The third-order valence-electron chi connectivity index (χ3n) is 8.50. The molecule has 184 valence electrons. The van der Waals surface area contributed by atoms with E-state index in [-0.39, 0.29) is 5.91 Å². The highest BCUT2D eigenvalue weighted by atomic mass is 16.5. The zero-order valence-electron chi connectivity index (χ0n) is 20.6. The van der Waals surface area contributed by atoms with Gasteiger partial charge in [-0.2, -0.15) is 0 Å². The third kappa shape index (κ3) is 5.66. The topological polar surface area (TPSA) is 68.3 Å². The standard InChI is InChI=1S/C25H46N4O3/c1-25(2,31)24(30)29-14-9-19(10-15-29)18-27-12-5-13-28(17-16-27)23-21(32-3)8-7-20-6-4-11-26-22(20)23/h19-23,26,31H,4-18H2,1-3H3. The van der Waals surface area contributed by atoms with E-state index in [1.54, 1.807) is 13.8 Å². The molecule has 0 bridgehead atoms. The van der Waals surface area contributed by atoms with Crippen LogP contribution in [0.1, 0.15) is 58.8 Å². The summed E-state index contributed by atoms with van der Waals surface area (Å²) in [5, 5.41) is 13.9. The molecular weight excluding hydrogens is 404 g/mol. The van der Waals surface area contributed by atoms with E-state index in [9.17, 15) is 9.90 Å². The van der Waals surface area contributed by atoms with Crippen LogP contribution in [0.4, 0.5) is 0 Å². The first kappa shape index (κ1) is 24.4. The highest BCUT2D eigenvalue weighted by molar-refractivity contribution is 5.84. The minimum Gasteiger partial charge on any atom is -0.381 e. The number of aliphatic hydroxyl groups is 1. The van der Waals surface area contributed by atoms with Crippen molar-refractivity contribution in [3.8, 4) is 0 Å². The molecule has 32 heavy (non-hydrogen) atoms. The Bertz CT molecular complexity index is 617. The Morgan fingerprint density at radius 1 is 1.00 bits per heavy atom. The number of hydrogen-bond acceptors (Lipinski definition) is 6. The molecule has 4 fully saturated rings. The highest BCUT2D eigenvalue weighted by Gasteiger charge is 2.43. The normalized spacial score (nSPS) is 34.2. The van der Waals surface area contributed by atoms with E-state index in [1.807, 2.05) is 12.0 Å². The monoisotopic (exact) mass is 450 g/mol. The first-order valence-corrected chi connectivity index (χ1v) is 13.1. The molecule has 3 aliphatic heterocycles. The number of amides is 1. The Kier molecular flexibility index (Phi) is 8.14. The summed E-state index contributed by atoms with van der Waals surface area (Å²) in [7, 11) is 1.90. The van der Waals surface area contributed by atoms with Gasteiger partial charge in [0.1, 0.15) is 5.60 Å². The quantitative estimate of drug-likeness (QED) is 0.663. The number of nitrogens with zero attached hydrogens (tertiary/aromatic N) is 3. The number of methoxy groups -OCH3 is 1. The summed E-state index contributed by atoms with van der Waals surface area (Å²) in [5.41, 5.74) is -1.26. The van der Waals surface area contributed by atoms with Crippen molar-refractivity contribution in [3.05, 3.63) is 0 Å². The van der Waals surface area contributed by atoms with Crippen LogP contribution in [-0.2, 0) is 9.53 Å².